The molecule has 0 aliphatic rings. The fourth-order valence-corrected chi connectivity index (χ4v) is 2.07. The number of nitrogens with zero attached hydrogens (tertiary/aromatic N) is 2. The number of rotatable bonds is 4. The molecule has 0 aliphatic heterocycles. The quantitative estimate of drug-likeness (QED) is 0.930. The fraction of sp³-hybridized carbons (Fsp3) is 0.308. The van der Waals surface area contributed by atoms with E-state index in [1.165, 1.54) is 0 Å². The summed E-state index contributed by atoms with van der Waals surface area (Å²) in [7, 11) is 0. The van der Waals surface area contributed by atoms with Crippen LogP contribution >= 0.6 is 15.9 Å². The van der Waals surface area contributed by atoms with Crippen LogP contribution in [0.4, 0.5) is 5.95 Å². The first kappa shape index (κ1) is 12.2. The van der Waals surface area contributed by atoms with E-state index in [9.17, 15) is 0 Å². The highest BCUT2D eigenvalue weighted by Gasteiger charge is 2.06. The van der Waals surface area contributed by atoms with Crippen LogP contribution in [-0.2, 0) is 0 Å². The zero-order valence-electron chi connectivity index (χ0n) is 10.1. The van der Waals surface area contributed by atoms with Crippen LogP contribution in [0.2, 0.25) is 0 Å². The minimum Gasteiger partial charge on any atom is -0.355 e. The topological polar surface area (TPSA) is 29.9 Å². The fourth-order valence-electron chi connectivity index (χ4n) is 1.68. The Morgan fingerprint density at radius 1 is 1.41 bits per heavy atom. The maximum Gasteiger partial charge on any atom is 0.207 e. The molecule has 1 heterocycles. The number of anilines is 1. The SMILES string of the molecule is CCCNc1nc(C)cn1-c1cccc(Br)c1. The Kier molecular flexibility index (Phi) is 3.84. The maximum absolute atomic E-state index is 4.49. The first-order chi connectivity index (χ1) is 8.20. The first-order valence-corrected chi connectivity index (χ1v) is 6.56. The number of nitrogens with one attached hydrogen (secondary N) is 1. The lowest BCUT2D eigenvalue weighted by atomic mass is 10.3. The molecule has 0 saturated heterocycles. The van der Waals surface area contributed by atoms with Gasteiger partial charge in [-0.05, 0) is 31.5 Å². The number of aromatic nitrogens is 2. The molecular weight excluding hydrogens is 278 g/mol. The van der Waals surface area contributed by atoms with Crippen LogP contribution in [0.15, 0.2) is 34.9 Å². The van der Waals surface area contributed by atoms with Crippen molar-refractivity contribution in [1.29, 1.82) is 0 Å². The smallest absolute Gasteiger partial charge is 0.207 e. The van der Waals surface area contributed by atoms with E-state index in [0.29, 0.717) is 0 Å². The molecule has 1 aromatic carbocycles. The summed E-state index contributed by atoms with van der Waals surface area (Å²) in [6, 6.07) is 8.20. The lowest BCUT2D eigenvalue weighted by Crippen LogP contribution is -2.06. The van der Waals surface area contributed by atoms with Crippen molar-refractivity contribution in [3.8, 4) is 5.69 Å². The predicted molar refractivity (Wildman–Crippen MR) is 74.8 cm³/mol. The summed E-state index contributed by atoms with van der Waals surface area (Å²) >= 11 is 3.49. The number of halogens is 1. The van der Waals surface area contributed by atoms with Gasteiger partial charge in [0.05, 0.1) is 5.69 Å². The Labute approximate surface area is 110 Å². The van der Waals surface area contributed by atoms with Crippen LogP contribution in [0, 0.1) is 6.92 Å². The third-order valence-electron chi connectivity index (χ3n) is 2.45. The average Bonchev–Trinajstić information content (AvgIpc) is 2.68. The van der Waals surface area contributed by atoms with Gasteiger partial charge in [-0.25, -0.2) is 4.98 Å². The van der Waals surface area contributed by atoms with E-state index < -0.39 is 0 Å². The molecule has 0 amide bonds. The average molecular weight is 294 g/mol. The Morgan fingerprint density at radius 3 is 2.94 bits per heavy atom. The normalized spacial score (nSPS) is 10.5. The Morgan fingerprint density at radius 2 is 2.24 bits per heavy atom. The van der Waals surface area contributed by atoms with Crippen LogP contribution in [-0.4, -0.2) is 16.1 Å². The largest absolute Gasteiger partial charge is 0.355 e. The summed E-state index contributed by atoms with van der Waals surface area (Å²) in [5, 5.41) is 3.34. The predicted octanol–water partition coefficient (Wildman–Crippen LogP) is 3.77. The van der Waals surface area contributed by atoms with Crippen LogP contribution in [0.5, 0.6) is 0 Å². The molecule has 1 N–H and O–H groups in total. The van der Waals surface area contributed by atoms with E-state index in [1.54, 1.807) is 0 Å². The molecule has 90 valence electrons. The highest BCUT2D eigenvalue weighted by molar-refractivity contribution is 9.10. The Balaban J connectivity index is 2.37. The van der Waals surface area contributed by atoms with E-state index >= 15 is 0 Å². The van der Waals surface area contributed by atoms with E-state index in [-0.39, 0.29) is 0 Å². The Bertz CT molecular complexity index is 505. The molecule has 2 rings (SSSR count). The standard InChI is InChI=1S/C13H16BrN3/c1-3-7-15-13-16-10(2)9-17(13)12-6-4-5-11(14)8-12/h4-6,8-9H,3,7H2,1-2H3,(H,15,16). The Hall–Kier alpha value is -1.29. The lowest BCUT2D eigenvalue weighted by molar-refractivity contribution is 0.936. The van der Waals surface area contributed by atoms with Crippen LogP contribution in [0.1, 0.15) is 19.0 Å². The lowest BCUT2D eigenvalue weighted by Gasteiger charge is -2.09. The zero-order valence-corrected chi connectivity index (χ0v) is 11.7. The minimum absolute atomic E-state index is 0.905. The van der Waals surface area contributed by atoms with Crippen LogP contribution in [0.25, 0.3) is 5.69 Å². The molecule has 3 nitrogen and oxygen atoms in total. The second kappa shape index (κ2) is 5.36. The summed E-state index contributed by atoms with van der Waals surface area (Å²) < 4.78 is 3.15. The molecule has 2 aromatic rings. The molecule has 17 heavy (non-hydrogen) atoms. The molecule has 0 saturated carbocycles. The van der Waals surface area contributed by atoms with Crippen molar-refractivity contribution < 1.29 is 0 Å². The molecule has 0 bridgehead atoms. The number of hydrogen-bond donors (Lipinski definition) is 1. The molecule has 0 spiro atoms. The molecule has 1 aromatic heterocycles. The van der Waals surface area contributed by atoms with Crippen molar-refractivity contribution in [3.05, 3.63) is 40.6 Å². The van der Waals surface area contributed by atoms with E-state index in [0.717, 1.165) is 34.8 Å². The molecule has 0 radical (unpaired) electrons. The van der Waals surface area contributed by atoms with Gasteiger partial charge in [-0.3, -0.25) is 4.57 Å². The molecule has 4 heteroatoms. The van der Waals surface area contributed by atoms with Gasteiger partial charge in [-0.15, -0.1) is 0 Å². The first-order valence-electron chi connectivity index (χ1n) is 5.76. The van der Waals surface area contributed by atoms with E-state index in [4.69, 9.17) is 0 Å². The third kappa shape index (κ3) is 2.88. The van der Waals surface area contributed by atoms with E-state index in [2.05, 4.69) is 49.9 Å². The second-order valence-corrected chi connectivity index (χ2v) is 4.90. The van der Waals surface area contributed by atoms with Crippen molar-refractivity contribution in [2.24, 2.45) is 0 Å². The van der Waals surface area contributed by atoms with Gasteiger partial charge in [0.15, 0.2) is 0 Å². The second-order valence-electron chi connectivity index (χ2n) is 3.98. The van der Waals surface area contributed by atoms with Gasteiger partial charge in [-0.1, -0.05) is 28.9 Å². The summed E-state index contributed by atoms with van der Waals surface area (Å²) in [5.41, 5.74) is 2.13. The van der Waals surface area contributed by atoms with Gasteiger partial charge in [0, 0.05) is 22.9 Å². The van der Waals surface area contributed by atoms with Crippen molar-refractivity contribution in [1.82, 2.24) is 9.55 Å². The molecular formula is C13H16BrN3. The summed E-state index contributed by atoms with van der Waals surface area (Å²) in [6.07, 6.45) is 3.13. The number of benzene rings is 1. The number of aryl methyl sites for hydroxylation is 1. The van der Waals surface area contributed by atoms with Crippen molar-refractivity contribution >= 4 is 21.9 Å². The monoisotopic (exact) mass is 293 g/mol. The van der Waals surface area contributed by atoms with Crippen LogP contribution in [0.3, 0.4) is 0 Å². The molecule has 0 fully saturated rings. The van der Waals surface area contributed by atoms with Gasteiger partial charge < -0.3 is 5.32 Å². The van der Waals surface area contributed by atoms with E-state index in [1.807, 2.05) is 25.3 Å². The maximum atomic E-state index is 4.49. The number of hydrogen-bond acceptors (Lipinski definition) is 2. The summed E-state index contributed by atoms with van der Waals surface area (Å²) in [5.74, 6) is 0.905. The van der Waals surface area contributed by atoms with Crippen LogP contribution < -0.4 is 5.32 Å². The van der Waals surface area contributed by atoms with Gasteiger partial charge in [0.1, 0.15) is 0 Å². The van der Waals surface area contributed by atoms with Crippen molar-refractivity contribution in [3.63, 3.8) is 0 Å². The highest BCUT2D eigenvalue weighted by Crippen LogP contribution is 2.20. The van der Waals surface area contributed by atoms with Gasteiger partial charge in [-0.2, -0.15) is 0 Å². The van der Waals surface area contributed by atoms with Crippen molar-refractivity contribution in [2.75, 3.05) is 11.9 Å². The third-order valence-corrected chi connectivity index (χ3v) is 2.94. The zero-order chi connectivity index (χ0) is 12.3. The van der Waals surface area contributed by atoms with Gasteiger partial charge >= 0.3 is 0 Å². The summed E-state index contributed by atoms with van der Waals surface area (Å²) in [4.78, 5) is 4.49. The number of imidazole rings is 1. The van der Waals surface area contributed by atoms with Gasteiger partial charge in [0.25, 0.3) is 0 Å². The molecule has 0 aliphatic carbocycles. The minimum atomic E-state index is 0.905. The molecule has 0 atom stereocenters. The van der Waals surface area contributed by atoms with Crippen molar-refractivity contribution in [2.45, 2.75) is 20.3 Å². The van der Waals surface area contributed by atoms with Gasteiger partial charge in [0.2, 0.25) is 5.95 Å². The molecule has 0 unspecified atom stereocenters. The summed E-state index contributed by atoms with van der Waals surface area (Å²) in [6.45, 7) is 5.09. The highest BCUT2D eigenvalue weighted by atomic mass is 79.9.